The van der Waals surface area contributed by atoms with Crippen molar-refractivity contribution in [2.75, 3.05) is 26.2 Å². The SMILES string of the molecule is C1CNCCN1.FCc1ccccc1.c1ccsc1. The molecule has 3 rings (SSSR count). The summed E-state index contributed by atoms with van der Waals surface area (Å²) in [6.07, 6.45) is 0. The molecule has 0 unspecified atom stereocenters. The zero-order chi connectivity index (χ0) is 13.6. The van der Waals surface area contributed by atoms with Gasteiger partial charge in [-0.25, -0.2) is 4.39 Å². The van der Waals surface area contributed by atoms with Crippen LogP contribution in [-0.4, -0.2) is 26.2 Å². The van der Waals surface area contributed by atoms with Crippen LogP contribution in [-0.2, 0) is 6.67 Å². The van der Waals surface area contributed by atoms with Gasteiger partial charge in [0, 0.05) is 26.2 Å². The number of hydrogen-bond donors (Lipinski definition) is 2. The minimum atomic E-state index is -0.360. The van der Waals surface area contributed by atoms with Gasteiger partial charge in [0.05, 0.1) is 0 Å². The van der Waals surface area contributed by atoms with Crippen molar-refractivity contribution >= 4 is 11.3 Å². The summed E-state index contributed by atoms with van der Waals surface area (Å²) in [7, 11) is 0. The second-order valence-electron chi connectivity index (χ2n) is 3.91. The van der Waals surface area contributed by atoms with Crippen LogP contribution in [0.4, 0.5) is 4.39 Å². The maximum absolute atomic E-state index is 11.7. The Morgan fingerprint density at radius 1 is 0.842 bits per heavy atom. The van der Waals surface area contributed by atoms with Gasteiger partial charge >= 0.3 is 0 Å². The molecule has 104 valence electrons. The van der Waals surface area contributed by atoms with E-state index in [2.05, 4.69) is 10.6 Å². The van der Waals surface area contributed by atoms with E-state index in [0.717, 1.165) is 31.7 Å². The molecule has 0 saturated carbocycles. The van der Waals surface area contributed by atoms with Crippen LogP contribution in [0.3, 0.4) is 0 Å². The van der Waals surface area contributed by atoms with Crippen LogP contribution in [0.5, 0.6) is 0 Å². The molecule has 1 aliphatic heterocycles. The number of rotatable bonds is 1. The first-order chi connectivity index (χ1) is 9.43. The Morgan fingerprint density at radius 3 is 1.63 bits per heavy atom. The molecular weight excluding hydrogens is 259 g/mol. The fourth-order valence-corrected chi connectivity index (χ4v) is 1.85. The molecule has 1 aromatic carbocycles. The molecular formula is C15H21FN2S. The fourth-order valence-electron chi connectivity index (χ4n) is 1.40. The van der Waals surface area contributed by atoms with Crippen LogP contribution in [0.2, 0.25) is 0 Å². The highest BCUT2D eigenvalue weighted by Gasteiger charge is 1.91. The van der Waals surface area contributed by atoms with E-state index in [1.54, 1.807) is 23.5 Å². The summed E-state index contributed by atoms with van der Waals surface area (Å²) < 4.78 is 11.7. The van der Waals surface area contributed by atoms with Gasteiger partial charge in [-0.15, -0.1) is 0 Å². The molecule has 0 bridgehead atoms. The monoisotopic (exact) mass is 280 g/mol. The van der Waals surface area contributed by atoms with Gasteiger partial charge < -0.3 is 10.6 Å². The van der Waals surface area contributed by atoms with E-state index in [1.807, 2.05) is 41.1 Å². The van der Waals surface area contributed by atoms with Gasteiger partial charge in [0.15, 0.2) is 0 Å². The predicted molar refractivity (Wildman–Crippen MR) is 81.3 cm³/mol. The van der Waals surface area contributed by atoms with Crippen LogP contribution in [0.1, 0.15) is 5.56 Å². The molecule has 1 saturated heterocycles. The Labute approximate surface area is 118 Å². The van der Waals surface area contributed by atoms with Gasteiger partial charge in [-0.3, -0.25) is 0 Å². The number of piperazine rings is 1. The zero-order valence-electron chi connectivity index (χ0n) is 11.0. The van der Waals surface area contributed by atoms with Crippen molar-refractivity contribution in [3.05, 3.63) is 58.8 Å². The summed E-state index contributed by atoms with van der Waals surface area (Å²) in [6.45, 7) is 4.20. The van der Waals surface area contributed by atoms with E-state index in [-0.39, 0.29) is 6.67 Å². The Hall–Kier alpha value is -1.23. The van der Waals surface area contributed by atoms with Crippen LogP contribution < -0.4 is 10.6 Å². The van der Waals surface area contributed by atoms with E-state index in [4.69, 9.17) is 0 Å². The first-order valence-electron chi connectivity index (χ1n) is 6.42. The summed E-state index contributed by atoms with van der Waals surface area (Å²) in [6, 6.07) is 13.1. The number of thiophene rings is 1. The molecule has 19 heavy (non-hydrogen) atoms. The van der Waals surface area contributed by atoms with E-state index < -0.39 is 0 Å². The van der Waals surface area contributed by atoms with Crippen molar-refractivity contribution in [3.63, 3.8) is 0 Å². The highest BCUT2D eigenvalue weighted by atomic mass is 32.1. The van der Waals surface area contributed by atoms with Gasteiger partial charge in [0.25, 0.3) is 0 Å². The molecule has 4 heteroatoms. The summed E-state index contributed by atoms with van der Waals surface area (Å²) in [5.74, 6) is 0. The smallest absolute Gasteiger partial charge is 0.115 e. The first-order valence-corrected chi connectivity index (χ1v) is 7.36. The van der Waals surface area contributed by atoms with Crippen molar-refractivity contribution in [2.45, 2.75) is 6.67 Å². The number of benzene rings is 1. The summed E-state index contributed by atoms with van der Waals surface area (Å²) in [4.78, 5) is 0. The number of hydrogen-bond acceptors (Lipinski definition) is 3. The Balaban J connectivity index is 0.000000147. The van der Waals surface area contributed by atoms with Gasteiger partial charge in [0.1, 0.15) is 6.67 Å². The van der Waals surface area contributed by atoms with Crippen LogP contribution in [0.25, 0.3) is 0 Å². The van der Waals surface area contributed by atoms with Crippen molar-refractivity contribution in [1.29, 1.82) is 0 Å². The molecule has 2 heterocycles. The minimum absolute atomic E-state index is 0.360. The summed E-state index contributed by atoms with van der Waals surface area (Å²) in [5, 5.41) is 10.5. The number of alkyl halides is 1. The molecule has 0 radical (unpaired) electrons. The van der Waals surface area contributed by atoms with E-state index in [1.165, 1.54) is 0 Å². The molecule has 0 atom stereocenters. The lowest BCUT2D eigenvalue weighted by atomic mass is 10.2. The normalized spacial score (nSPS) is 13.5. The highest BCUT2D eigenvalue weighted by molar-refractivity contribution is 7.07. The summed E-state index contributed by atoms with van der Waals surface area (Å²) in [5.41, 5.74) is 0.743. The van der Waals surface area contributed by atoms with E-state index in [0.29, 0.717) is 0 Å². The van der Waals surface area contributed by atoms with E-state index >= 15 is 0 Å². The quantitative estimate of drug-likeness (QED) is 0.839. The van der Waals surface area contributed by atoms with Crippen molar-refractivity contribution in [3.8, 4) is 0 Å². The van der Waals surface area contributed by atoms with Gasteiger partial charge in [-0.2, -0.15) is 11.3 Å². The van der Waals surface area contributed by atoms with Crippen LogP contribution in [0, 0.1) is 0 Å². The lowest BCUT2D eigenvalue weighted by Gasteiger charge is -2.11. The van der Waals surface area contributed by atoms with Gasteiger partial charge in [0.2, 0.25) is 0 Å². The van der Waals surface area contributed by atoms with Gasteiger partial charge in [-0.1, -0.05) is 42.5 Å². The Morgan fingerprint density at radius 2 is 1.37 bits per heavy atom. The predicted octanol–water partition coefficient (Wildman–Crippen LogP) is 3.08. The fraction of sp³-hybridized carbons (Fsp3) is 0.333. The second kappa shape index (κ2) is 11.8. The van der Waals surface area contributed by atoms with Crippen molar-refractivity contribution < 1.29 is 4.39 Å². The molecule has 0 aliphatic carbocycles. The Kier molecular flexibility index (Phi) is 9.86. The maximum Gasteiger partial charge on any atom is 0.115 e. The Bertz CT molecular complexity index is 346. The number of nitrogens with one attached hydrogen (secondary N) is 2. The first kappa shape index (κ1) is 15.8. The summed E-state index contributed by atoms with van der Waals surface area (Å²) >= 11 is 1.71. The standard InChI is InChI=1S/C7H7F.C4H10N2.C4H4S/c8-6-7-4-2-1-3-5-7;1-2-6-4-3-5-1;1-2-4-5-3-1/h1-5H,6H2;5-6H,1-4H2;1-4H. The maximum atomic E-state index is 11.7. The minimum Gasteiger partial charge on any atom is -0.314 e. The highest BCUT2D eigenvalue weighted by Crippen LogP contribution is 1.98. The van der Waals surface area contributed by atoms with Crippen LogP contribution >= 0.6 is 11.3 Å². The lowest BCUT2D eigenvalue weighted by Crippen LogP contribution is -2.39. The third-order valence-corrected chi connectivity index (χ3v) is 3.01. The second-order valence-corrected chi connectivity index (χ2v) is 4.73. The van der Waals surface area contributed by atoms with Crippen molar-refractivity contribution in [2.24, 2.45) is 0 Å². The average molecular weight is 280 g/mol. The van der Waals surface area contributed by atoms with E-state index in [9.17, 15) is 4.39 Å². The van der Waals surface area contributed by atoms with Crippen molar-refractivity contribution in [1.82, 2.24) is 10.6 Å². The van der Waals surface area contributed by atoms with Crippen LogP contribution in [0.15, 0.2) is 53.2 Å². The zero-order valence-corrected chi connectivity index (χ0v) is 11.8. The molecule has 0 amide bonds. The third kappa shape index (κ3) is 9.36. The number of halogens is 1. The molecule has 2 nitrogen and oxygen atoms in total. The molecule has 2 N–H and O–H groups in total. The topological polar surface area (TPSA) is 24.1 Å². The third-order valence-electron chi connectivity index (χ3n) is 2.38. The van der Waals surface area contributed by atoms with Gasteiger partial charge in [-0.05, 0) is 16.3 Å². The molecule has 1 fully saturated rings. The molecule has 2 aromatic rings. The molecule has 0 spiro atoms. The lowest BCUT2D eigenvalue weighted by molar-refractivity contribution is 0.485. The molecule has 1 aromatic heterocycles. The molecule has 1 aliphatic rings. The largest absolute Gasteiger partial charge is 0.314 e. The average Bonchev–Trinajstić information content (AvgIpc) is 3.10.